The molecule has 0 spiro atoms. The zero-order chi connectivity index (χ0) is 14.2. The normalized spacial score (nSPS) is 32.5. The zero-order valence-electron chi connectivity index (χ0n) is 11.5. The van der Waals surface area contributed by atoms with Crippen molar-refractivity contribution in [2.75, 3.05) is 0 Å². The highest BCUT2D eigenvalue weighted by molar-refractivity contribution is 5.72. The molecule has 0 unspecified atom stereocenters. The molecule has 4 rings (SSSR count). The van der Waals surface area contributed by atoms with Gasteiger partial charge in [0.2, 0.25) is 0 Å². The Morgan fingerprint density at radius 2 is 2.00 bits per heavy atom. The first-order valence-corrected chi connectivity index (χ1v) is 7.30. The molecular formula is C17H20O3. The Bertz CT molecular complexity index is 534. The molecule has 2 N–H and O–H groups in total. The minimum Gasteiger partial charge on any atom is -0.481 e. The molecule has 0 amide bonds. The number of carboxylic acid groups (broad SMARTS) is 1. The van der Waals surface area contributed by atoms with Gasteiger partial charge in [0.25, 0.3) is 0 Å². The van der Waals surface area contributed by atoms with E-state index in [0.29, 0.717) is 6.42 Å². The fourth-order valence-corrected chi connectivity index (χ4v) is 3.82. The number of aliphatic carboxylic acids is 1. The molecule has 1 fully saturated rings. The van der Waals surface area contributed by atoms with Gasteiger partial charge < -0.3 is 10.2 Å². The lowest BCUT2D eigenvalue weighted by atomic mass is 9.70. The lowest BCUT2D eigenvalue weighted by Crippen LogP contribution is -2.42. The molecule has 106 valence electrons. The first-order valence-electron chi connectivity index (χ1n) is 7.30. The lowest BCUT2D eigenvalue weighted by molar-refractivity contribution is -0.145. The Hall–Kier alpha value is -1.61. The fraction of sp³-hybridized carbons (Fsp3) is 0.471. The molecule has 3 atom stereocenters. The number of aliphatic hydroxyl groups is 1. The second-order valence-corrected chi connectivity index (χ2v) is 6.10. The summed E-state index contributed by atoms with van der Waals surface area (Å²) in [6, 6.07) is 10.3. The third kappa shape index (κ3) is 2.38. The standard InChI is InChI=1S/C17H20O3/c18-16(19)11-17(20)10-13-7-4-8-14(17)9-15(13)12-5-2-1-3-6-12/h1-3,5-6,9,13-14,20H,4,7-8,10-11H2,(H,18,19)/t13-,14-,17-/m1/s1. The summed E-state index contributed by atoms with van der Waals surface area (Å²) in [4.78, 5) is 11.0. The van der Waals surface area contributed by atoms with Crippen molar-refractivity contribution in [2.24, 2.45) is 11.8 Å². The number of hydrogen-bond acceptors (Lipinski definition) is 2. The molecular weight excluding hydrogens is 252 g/mol. The quantitative estimate of drug-likeness (QED) is 0.889. The van der Waals surface area contributed by atoms with E-state index in [0.717, 1.165) is 19.3 Å². The van der Waals surface area contributed by atoms with Crippen LogP contribution >= 0.6 is 0 Å². The highest BCUT2D eigenvalue weighted by Crippen LogP contribution is 2.49. The summed E-state index contributed by atoms with van der Waals surface area (Å²) in [5, 5.41) is 19.8. The van der Waals surface area contributed by atoms with Gasteiger partial charge in [0.15, 0.2) is 0 Å². The number of carbonyl (C=O) groups is 1. The molecule has 3 nitrogen and oxygen atoms in total. The van der Waals surface area contributed by atoms with Crippen LogP contribution in [0.15, 0.2) is 36.4 Å². The molecule has 3 aliphatic rings. The summed E-state index contributed by atoms with van der Waals surface area (Å²) >= 11 is 0. The molecule has 2 bridgehead atoms. The van der Waals surface area contributed by atoms with Crippen molar-refractivity contribution in [2.45, 2.75) is 37.7 Å². The Kier molecular flexibility index (Phi) is 3.38. The van der Waals surface area contributed by atoms with Crippen molar-refractivity contribution in [1.29, 1.82) is 0 Å². The summed E-state index contributed by atoms with van der Waals surface area (Å²) in [6.45, 7) is 0. The first-order chi connectivity index (χ1) is 9.58. The molecule has 0 heterocycles. The van der Waals surface area contributed by atoms with Crippen molar-refractivity contribution in [1.82, 2.24) is 0 Å². The van der Waals surface area contributed by atoms with Gasteiger partial charge in [0, 0.05) is 5.92 Å². The Morgan fingerprint density at radius 3 is 2.70 bits per heavy atom. The molecule has 1 aromatic rings. The minimum absolute atomic E-state index is 0.0347. The van der Waals surface area contributed by atoms with Gasteiger partial charge in [-0.05, 0) is 36.3 Å². The van der Waals surface area contributed by atoms with E-state index in [2.05, 4.69) is 18.2 Å². The Morgan fingerprint density at radius 1 is 1.25 bits per heavy atom. The van der Waals surface area contributed by atoms with E-state index in [1.807, 2.05) is 18.2 Å². The highest BCUT2D eigenvalue weighted by atomic mass is 16.4. The monoisotopic (exact) mass is 272 g/mol. The maximum Gasteiger partial charge on any atom is 0.306 e. The zero-order valence-corrected chi connectivity index (χ0v) is 11.5. The molecule has 3 aliphatic carbocycles. The average molecular weight is 272 g/mol. The van der Waals surface area contributed by atoms with Gasteiger partial charge in [-0.3, -0.25) is 4.79 Å². The van der Waals surface area contributed by atoms with Crippen molar-refractivity contribution >= 4 is 11.5 Å². The third-order valence-corrected chi connectivity index (χ3v) is 4.74. The van der Waals surface area contributed by atoms with Crippen molar-refractivity contribution in [3.63, 3.8) is 0 Å². The van der Waals surface area contributed by atoms with E-state index in [1.54, 1.807) is 0 Å². The van der Waals surface area contributed by atoms with E-state index in [1.165, 1.54) is 11.1 Å². The topological polar surface area (TPSA) is 57.5 Å². The Balaban J connectivity index is 1.96. The number of hydrogen-bond donors (Lipinski definition) is 2. The lowest BCUT2D eigenvalue weighted by Gasteiger charge is -2.39. The molecule has 3 heteroatoms. The molecule has 1 aromatic carbocycles. The van der Waals surface area contributed by atoms with E-state index in [4.69, 9.17) is 5.11 Å². The second-order valence-electron chi connectivity index (χ2n) is 6.10. The van der Waals surface area contributed by atoms with Crippen LogP contribution < -0.4 is 0 Å². The predicted molar refractivity (Wildman–Crippen MR) is 77.1 cm³/mol. The van der Waals surface area contributed by atoms with Crippen LogP contribution in [0, 0.1) is 11.8 Å². The van der Waals surface area contributed by atoms with E-state index < -0.39 is 11.6 Å². The van der Waals surface area contributed by atoms with Crippen molar-refractivity contribution in [3.05, 3.63) is 42.0 Å². The average Bonchev–Trinajstić information content (AvgIpc) is 2.69. The van der Waals surface area contributed by atoms with Crippen LogP contribution in [0.5, 0.6) is 0 Å². The maximum absolute atomic E-state index is 11.0. The number of fused-ring (bicyclic) bond motifs is 3. The summed E-state index contributed by atoms with van der Waals surface area (Å²) in [6.07, 6.45) is 5.55. The van der Waals surface area contributed by atoms with Gasteiger partial charge in [0.05, 0.1) is 12.0 Å². The highest BCUT2D eigenvalue weighted by Gasteiger charge is 2.45. The smallest absolute Gasteiger partial charge is 0.306 e. The Labute approximate surface area is 118 Å². The predicted octanol–water partition coefficient (Wildman–Crippen LogP) is 3.10. The van der Waals surface area contributed by atoms with Crippen LogP contribution in [0.2, 0.25) is 0 Å². The van der Waals surface area contributed by atoms with Crippen LogP contribution in [0.25, 0.3) is 5.57 Å². The second kappa shape index (κ2) is 5.06. The van der Waals surface area contributed by atoms with Crippen LogP contribution in [0.4, 0.5) is 0 Å². The number of carboxylic acids is 1. The van der Waals surface area contributed by atoms with Crippen LogP contribution in [-0.4, -0.2) is 21.8 Å². The molecule has 0 aliphatic heterocycles. The molecule has 0 saturated heterocycles. The summed E-state index contributed by atoms with van der Waals surface area (Å²) in [5.41, 5.74) is 1.44. The summed E-state index contributed by atoms with van der Waals surface area (Å²) in [7, 11) is 0. The minimum atomic E-state index is -1.06. The van der Waals surface area contributed by atoms with Crippen molar-refractivity contribution < 1.29 is 15.0 Å². The van der Waals surface area contributed by atoms with Gasteiger partial charge in [0.1, 0.15) is 0 Å². The fourth-order valence-electron chi connectivity index (χ4n) is 3.82. The first kappa shape index (κ1) is 13.4. The van der Waals surface area contributed by atoms with Gasteiger partial charge in [-0.15, -0.1) is 0 Å². The van der Waals surface area contributed by atoms with Crippen LogP contribution in [0.3, 0.4) is 0 Å². The molecule has 0 radical (unpaired) electrons. The van der Waals surface area contributed by atoms with Gasteiger partial charge in [-0.2, -0.15) is 0 Å². The van der Waals surface area contributed by atoms with E-state index in [-0.39, 0.29) is 18.3 Å². The van der Waals surface area contributed by atoms with Crippen LogP contribution in [-0.2, 0) is 4.79 Å². The largest absolute Gasteiger partial charge is 0.481 e. The maximum atomic E-state index is 11.0. The van der Waals surface area contributed by atoms with Gasteiger partial charge in [-0.25, -0.2) is 0 Å². The van der Waals surface area contributed by atoms with Gasteiger partial charge in [-0.1, -0.05) is 42.8 Å². The van der Waals surface area contributed by atoms with Crippen molar-refractivity contribution in [3.8, 4) is 0 Å². The van der Waals surface area contributed by atoms with E-state index in [9.17, 15) is 9.90 Å². The molecule has 0 aromatic heterocycles. The van der Waals surface area contributed by atoms with Crippen LogP contribution in [0.1, 0.15) is 37.7 Å². The molecule has 1 saturated carbocycles. The number of benzene rings is 1. The number of rotatable bonds is 3. The third-order valence-electron chi connectivity index (χ3n) is 4.74. The SMILES string of the molecule is O=C(O)C[C@]1(O)C[C@H]2CCC[C@@H]1C=C2c1ccccc1. The summed E-state index contributed by atoms with van der Waals surface area (Å²) < 4.78 is 0. The van der Waals surface area contributed by atoms with Gasteiger partial charge >= 0.3 is 5.97 Å². The van der Waals surface area contributed by atoms with E-state index >= 15 is 0 Å². The number of allylic oxidation sites excluding steroid dienone is 1. The summed E-state index contributed by atoms with van der Waals surface area (Å²) in [5.74, 6) is -0.664. The molecule has 20 heavy (non-hydrogen) atoms.